The SMILES string of the molecule is CC1(CC(N)c2ccccc2)OCCO1. The molecule has 0 aliphatic carbocycles. The van der Waals surface area contributed by atoms with Crippen molar-refractivity contribution < 1.29 is 9.47 Å². The first-order chi connectivity index (χ1) is 7.20. The molecule has 2 rings (SSSR count). The highest BCUT2D eigenvalue weighted by molar-refractivity contribution is 5.18. The molecule has 0 amide bonds. The lowest BCUT2D eigenvalue weighted by Gasteiger charge is -2.25. The van der Waals surface area contributed by atoms with Gasteiger partial charge in [0.25, 0.3) is 0 Å². The summed E-state index contributed by atoms with van der Waals surface area (Å²) < 4.78 is 11.1. The third kappa shape index (κ3) is 2.56. The summed E-state index contributed by atoms with van der Waals surface area (Å²) in [5.74, 6) is -0.505. The number of ether oxygens (including phenoxy) is 2. The number of hydrogen-bond acceptors (Lipinski definition) is 3. The Kier molecular flexibility index (Phi) is 3.05. The highest BCUT2D eigenvalue weighted by Gasteiger charge is 2.33. The van der Waals surface area contributed by atoms with E-state index < -0.39 is 5.79 Å². The van der Waals surface area contributed by atoms with Crippen LogP contribution >= 0.6 is 0 Å². The van der Waals surface area contributed by atoms with E-state index in [9.17, 15) is 0 Å². The molecule has 1 heterocycles. The van der Waals surface area contributed by atoms with Gasteiger partial charge in [-0.15, -0.1) is 0 Å². The van der Waals surface area contributed by atoms with E-state index in [1.807, 2.05) is 37.3 Å². The summed E-state index contributed by atoms with van der Waals surface area (Å²) in [6, 6.07) is 10.0. The fourth-order valence-corrected chi connectivity index (χ4v) is 1.89. The second kappa shape index (κ2) is 4.31. The molecule has 1 saturated heterocycles. The molecule has 0 spiro atoms. The number of rotatable bonds is 3. The van der Waals surface area contributed by atoms with Crippen LogP contribution in [0.4, 0.5) is 0 Å². The fourth-order valence-electron chi connectivity index (χ4n) is 1.89. The van der Waals surface area contributed by atoms with E-state index in [1.54, 1.807) is 0 Å². The minimum Gasteiger partial charge on any atom is -0.348 e. The van der Waals surface area contributed by atoms with Crippen LogP contribution in [-0.2, 0) is 9.47 Å². The monoisotopic (exact) mass is 207 g/mol. The molecule has 0 bridgehead atoms. The van der Waals surface area contributed by atoms with Crippen LogP contribution in [0.5, 0.6) is 0 Å². The van der Waals surface area contributed by atoms with E-state index in [2.05, 4.69) is 0 Å². The molecule has 1 unspecified atom stereocenters. The minimum atomic E-state index is -0.505. The predicted octanol–water partition coefficient (Wildman–Crippen LogP) is 1.84. The Hall–Kier alpha value is -0.900. The van der Waals surface area contributed by atoms with Crippen LogP contribution in [0, 0.1) is 0 Å². The Morgan fingerprint density at radius 3 is 2.47 bits per heavy atom. The van der Waals surface area contributed by atoms with Gasteiger partial charge in [0.1, 0.15) is 0 Å². The van der Waals surface area contributed by atoms with Gasteiger partial charge in [0.15, 0.2) is 5.79 Å². The molecule has 1 aliphatic rings. The van der Waals surface area contributed by atoms with Crippen molar-refractivity contribution in [3.05, 3.63) is 35.9 Å². The van der Waals surface area contributed by atoms with E-state index in [0.29, 0.717) is 19.6 Å². The molecular weight excluding hydrogens is 190 g/mol. The van der Waals surface area contributed by atoms with E-state index >= 15 is 0 Å². The van der Waals surface area contributed by atoms with Crippen LogP contribution < -0.4 is 5.73 Å². The largest absolute Gasteiger partial charge is 0.348 e. The molecule has 0 aromatic heterocycles. The summed E-state index contributed by atoms with van der Waals surface area (Å²) in [7, 11) is 0. The fraction of sp³-hybridized carbons (Fsp3) is 0.500. The Bertz CT molecular complexity index is 307. The summed E-state index contributed by atoms with van der Waals surface area (Å²) in [5, 5.41) is 0. The molecule has 3 heteroatoms. The van der Waals surface area contributed by atoms with E-state index in [4.69, 9.17) is 15.2 Å². The zero-order valence-corrected chi connectivity index (χ0v) is 8.98. The second-order valence-electron chi connectivity index (χ2n) is 4.05. The summed E-state index contributed by atoms with van der Waals surface area (Å²) in [6.45, 7) is 3.28. The van der Waals surface area contributed by atoms with Crippen LogP contribution in [0.15, 0.2) is 30.3 Å². The first kappa shape index (κ1) is 10.6. The van der Waals surface area contributed by atoms with Crippen molar-refractivity contribution in [3.8, 4) is 0 Å². The van der Waals surface area contributed by atoms with Crippen molar-refractivity contribution in [3.63, 3.8) is 0 Å². The third-order valence-electron chi connectivity index (χ3n) is 2.72. The molecule has 1 aromatic carbocycles. The molecule has 1 aliphatic heterocycles. The van der Waals surface area contributed by atoms with Gasteiger partial charge in [0, 0.05) is 12.5 Å². The maximum atomic E-state index is 6.10. The van der Waals surface area contributed by atoms with Crippen LogP contribution in [0.3, 0.4) is 0 Å². The van der Waals surface area contributed by atoms with Gasteiger partial charge < -0.3 is 15.2 Å². The lowest BCUT2D eigenvalue weighted by Crippen LogP contribution is -2.31. The van der Waals surface area contributed by atoms with Crippen molar-refractivity contribution in [2.45, 2.75) is 25.2 Å². The number of nitrogens with two attached hydrogens (primary N) is 1. The van der Waals surface area contributed by atoms with E-state index in [1.165, 1.54) is 0 Å². The molecule has 0 saturated carbocycles. The van der Waals surface area contributed by atoms with Crippen LogP contribution in [0.2, 0.25) is 0 Å². The first-order valence-corrected chi connectivity index (χ1v) is 5.28. The van der Waals surface area contributed by atoms with E-state index in [0.717, 1.165) is 5.56 Å². The van der Waals surface area contributed by atoms with Crippen LogP contribution in [-0.4, -0.2) is 19.0 Å². The molecule has 2 N–H and O–H groups in total. The van der Waals surface area contributed by atoms with Crippen molar-refractivity contribution in [1.82, 2.24) is 0 Å². The van der Waals surface area contributed by atoms with Gasteiger partial charge in [-0.3, -0.25) is 0 Å². The first-order valence-electron chi connectivity index (χ1n) is 5.28. The standard InChI is InChI=1S/C12H17NO2/c1-12(14-7-8-15-12)9-11(13)10-5-3-2-4-6-10/h2-6,11H,7-9,13H2,1H3. The lowest BCUT2D eigenvalue weighted by atomic mass is 10.0. The average Bonchev–Trinajstić information content (AvgIpc) is 2.66. The quantitative estimate of drug-likeness (QED) is 0.822. The molecule has 1 atom stereocenters. The molecule has 1 aromatic rings. The summed E-state index contributed by atoms with van der Waals surface area (Å²) >= 11 is 0. The summed E-state index contributed by atoms with van der Waals surface area (Å²) in [6.07, 6.45) is 0.691. The highest BCUT2D eigenvalue weighted by atomic mass is 16.7. The van der Waals surface area contributed by atoms with Crippen LogP contribution in [0.1, 0.15) is 24.9 Å². The molecule has 15 heavy (non-hydrogen) atoms. The van der Waals surface area contributed by atoms with Gasteiger partial charge >= 0.3 is 0 Å². The van der Waals surface area contributed by atoms with Crippen molar-refractivity contribution in [2.75, 3.05) is 13.2 Å². The lowest BCUT2D eigenvalue weighted by molar-refractivity contribution is -0.150. The highest BCUT2D eigenvalue weighted by Crippen LogP contribution is 2.28. The molecule has 0 radical (unpaired) electrons. The Labute approximate surface area is 90.2 Å². The zero-order valence-electron chi connectivity index (χ0n) is 8.98. The average molecular weight is 207 g/mol. The smallest absolute Gasteiger partial charge is 0.167 e. The van der Waals surface area contributed by atoms with Gasteiger partial charge in [-0.25, -0.2) is 0 Å². The van der Waals surface area contributed by atoms with Crippen LogP contribution in [0.25, 0.3) is 0 Å². The Morgan fingerprint density at radius 2 is 1.87 bits per heavy atom. The third-order valence-corrected chi connectivity index (χ3v) is 2.72. The second-order valence-corrected chi connectivity index (χ2v) is 4.05. The molecule has 3 nitrogen and oxygen atoms in total. The number of hydrogen-bond donors (Lipinski definition) is 1. The van der Waals surface area contributed by atoms with Gasteiger partial charge in [0.05, 0.1) is 13.2 Å². The van der Waals surface area contributed by atoms with Gasteiger partial charge in [-0.1, -0.05) is 30.3 Å². The Morgan fingerprint density at radius 1 is 1.27 bits per heavy atom. The predicted molar refractivity (Wildman–Crippen MR) is 58.3 cm³/mol. The Balaban J connectivity index is 2.00. The van der Waals surface area contributed by atoms with Crippen molar-refractivity contribution in [2.24, 2.45) is 5.73 Å². The molecular formula is C12H17NO2. The van der Waals surface area contributed by atoms with Gasteiger partial charge in [-0.2, -0.15) is 0 Å². The maximum absolute atomic E-state index is 6.10. The zero-order chi connectivity index (χ0) is 10.7. The minimum absolute atomic E-state index is 0.0331. The maximum Gasteiger partial charge on any atom is 0.167 e. The van der Waals surface area contributed by atoms with Crippen molar-refractivity contribution >= 4 is 0 Å². The summed E-state index contributed by atoms with van der Waals surface area (Å²) in [4.78, 5) is 0. The molecule has 82 valence electrons. The summed E-state index contributed by atoms with van der Waals surface area (Å²) in [5.41, 5.74) is 7.22. The van der Waals surface area contributed by atoms with Gasteiger partial charge in [-0.05, 0) is 12.5 Å². The van der Waals surface area contributed by atoms with Gasteiger partial charge in [0.2, 0.25) is 0 Å². The normalized spacial score (nSPS) is 21.5. The topological polar surface area (TPSA) is 44.5 Å². The van der Waals surface area contributed by atoms with Crippen molar-refractivity contribution in [1.29, 1.82) is 0 Å². The van der Waals surface area contributed by atoms with E-state index in [-0.39, 0.29) is 6.04 Å². The number of benzene rings is 1. The molecule has 1 fully saturated rings.